The van der Waals surface area contributed by atoms with E-state index in [-0.39, 0.29) is 0 Å². The molecule has 0 spiro atoms. The van der Waals surface area contributed by atoms with Gasteiger partial charge in [-0.15, -0.1) is 0 Å². The Morgan fingerprint density at radius 1 is 1.35 bits per heavy atom. The average molecular weight is 316 g/mol. The number of aryl methyl sites for hydroxylation is 2. The fraction of sp³-hybridized carbons (Fsp3) is 0.647. The first-order valence-electron chi connectivity index (χ1n) is 8.41. The third-order valence-corrected chi connectivity index (χ3v) is 4.73. The van der Waals surface area contributed by atoms with Gasteiger partial charge in [-0.25, -0.2) is 4.98 Å². The monoisotopic (exact) mass is 316 g/mol. The third kappa shape index (κ3) is 3.33. The van der Waals surface area contributed by atoms with Crippen molar-refractivity contribution in [3.63, 3.8) is 0 Å². The lowest BCUT2D eigenvalue weighted by atomic mass is 9.99. The first kappa shape index (κ1) is 14.9. The largest absolute Gasteiger partial charge is 0.380 e. The maximum Gasteiger partial charge on any atom is 0.133 e. The molecule has 4 rings (SSSR count). The van der Waals surface area contributed by atoms with Crippen molar-refractivity contribution < 1.29 is 9.26 Å². The fourth-order valence-corrected chi connectivity index (χ4v) is 3.44. The van der Waals surface area contributed by atoms with Crippen LogP contribution in [-0.4, -0.2) is 39.4 Å². The molecule has 3 heterocycles. The van der Waals surface area contributed by atoms with Gasteiger partial charge in [0.25, 0.3) is 0 Å². The van der Waals surface area contributed by atoms with Crippen molar-refractivity contribution >= 4 is 0 Å². The summed E-state index contributed by atoms with van der Waals surface area (Å²) in [4.78, 5) is 6.97. The van der Waals surface area contributed by atoms with E-state index in [0.717, 1.165) is 50.2 Å². The fourth-order valence-electron chi connectivity index (χ4n) is 3.44. The van der Waals surface area contributed by atoms with Gasteiger partial charge in [0.2, 0.25) is 0 Å². The summed E-state index contributed by atoms with van der Waals surface area (Å²) < 4.78 is 13.3. The van der Waals surface area contributed by atoms with Gasteiger partial charge in [0, 0.05) is 51.0 Å². The summed E-state index contributed by atoms with van der Waals surface area (Å²) in [5, 5.41) is 4.12. The summed E-state index contributed by atoms with van der Waals surface area (Å²) in [6.45, 7) is 6.25. The summed E-state index contributed by atoms with van der Waals surface area (Å²) in [6.07, 6.45) is 4.58. The molecule has 0 saturated heterocycles. The van der Waals surface area contributed by atoms with E-state index >= 15 is 0 Å². The van der Waals surface area contributed by atoms with E-state index in [9.17, 15) is 0 Å². The zero-order chi connectivity index (χ0) is 15.8. The van der Waals surface area contributed by atoms with Crippen LogP contribution in [0.1, 0.15) is 41.6 Å². The van der Waals surface area contributed by atoms with Crippen LogP contribution < -0.4 is 0 Å². The maximum atomic E-state index is 5.98. The minimum atomic E-state index is 0.373. The van der Waals surface area contributed by atoms with Gasteiger partial charge < -0.3 is 13.8 Å². The maximum absolute atomic E-state index is 5.98. The summed E-state index contributed by atoms with van der Waals surface area (Å²) in [5.41, 5.74) is 3.48. The van der Waals surface area contributed by atoms with Gasteiger partial charge in [-0.3, -0.25) is 4.90 Å². The summed E-state index contributed by atoms with van der Waals surface area (Å²) >= 11 is 0. The first-order valence-corrected chi connectivity index (χ1v) is 8.41. The van der Waals surface area contributed by atoms with E-state index < -0.39 is 0 Å². The number of aromatic nitrogens is 3. The zero-order valence-corrected chi connectivity index (χ0v) is 13.9. The van der Waals surface area contributed by atoms with Crippen LogP contribution in [0, 0.1) is 12.8 Å². The van der Waals surface area contributed by atoms with Crippen molar-refractivity contribution in [2.24, 2.45) is 13.0 Å². The van der Waals surface area contributed by atoms with Gasteiger partial charge >= 0.3 is 0 Å². The van der Waals surface area contributed by atoms with E-state index in [2.05, 4.69) is 26.7 Å². The Hall–Kier alpha value is -1.66. The lowest BCUT2D eigenvalue weighted by Gasteiger charge is -2.32. The number of nitrogens with zero attached hydrogens (tertiary/aromatic N) is 4. The Morgan fingerprint density at radius 2 is 2.22 bits per heavy atom. The van der Waals surface area contributed by atoms with Crippen molar-refractivity contribution in [1.82, 2.24) is 19.6 Å². The second-order valence-corrected chi connectivity index (χ2v) is 6.96. The Morgan fingerprint density at radius 3 is 2.96 bits per heavy atom. The smallest absolute Gasteiger partial charge is 0.133 e. The van der Waals surface area contributed by atoms with Gasteiger partial charge in [-0.1, -0.05) is 5.16 Å². The number of fused-ring (bicyclic) bond motifs is 1. The van der Waals surface area contributed by atoms with Crippen molar-refractivity contribution in [3.05, 3.63) is 35.2 Å². The average Bonchev–Trinajstić information content (AvgIpc) is 3.15. The SMILES string of the molecule is Cc1cc(CN2Cc3ncn(C)c3C(COCC3CC3)C2)no1. The molecule has 124 valence electrons. The van der Waals surface area contributed by atoms with Crippen LogP contribution in [0.2, 0.25) is 0 Å². The topological polar surface area (TPSA) is 56.3 Å². The normalized spacial score (nSPS) is 21.6. The van der Waals surface area contributed by atoms with Crippen LogP contribution in [0.15, 0.2) is 16.9 Å². The van der Waals surface area contributed by atoms with Crippen LogP contribution in [0.5, 0.6) is 0 Å². The molecule has 0 aromatic carbocycles. The van der Waals surface area contributed by atoms with Crippen molar-refractivity contribution in [2.75, 3.05) is 19.8 Å². The van der Waals surface area contributed by atoms with Crippen molar-refractivity contribution in [1.29, 1.82) is 0 Å². The van der Waals surface area contributed by atoms with E-state index in [0.29, 0.717) is 5.92 Å². The molecule has 1 aliphatic heterocycles. The van der Waals surface area contributed by atoms with Crippen LogP contribution >= 0.6 is 0 Å². The second kappa shape index (κ2) is 6.09. The highest BCUT2D eigenvalue weighted by atomic mass is 16.5. The third-order valence-electron chi connectivity index (χ3n) is 4.73. The number of ether oxygens (including phenoxy) is 1. The van der Waals surface area contributed by atoms with E-state index in [1.165, 1.54) is 24.2 Å². The highest BCUT2D eigenvalue weighted by molar-refractivity contribution is 5.22. The number of rotatable bonds is 6. The molecule has 1 saturated carbocycles. The number of hydrogen-bond acceptors (Lipinski definition) is 5. The van der Waals surface area contributed by atoms with Crippen LogP contribution in [0.3, 0.4) is 0 Å². The number of imidazole rings is 1. The highest BCUT2D eigenvalue weighted by Crippen LogP contribution is 2.31. The molecule has 6 nitrogen and oxygen atoms in total. The van der Waals surface area contributed by atoms with Crippen LogP contribution in [0.25, 0.3) is 0 Å². The summed E-state index contributed by atoms with van der Waals surface area (Å²) in [6, 6.07) is 2.01. The molecular weight excluding hydrogens is 292 g/mol. The highest BCUT2D eigenvalue weighted by Gasteiger charge is 2.30. The molecule has 2 aromatic rings. The molecule has 0 radical (unpaired) electrons. The van der Waals surface area contributed by atoms with Crippen molar-refractivity contribution in [3.8, 4) is 0 Å². The van der Waals surface area contributed by atoms with E-state index in [1.807, 2.05) is 19.3 Å². The molecule has 1 atom stereocenters. The van der Waals surface area contributed by atoms with Gasteiger partial charge in [0.1, 0.15) is 5.76 Å². The Labute approximate surface area is 136 Å². The first-order chi connectivity index (χ1) is 11.2. The molecule has 1 unspecified atom stereocenters. The molecule has 1 fully saturated rings. The lowest BCUT2D eigenvalue weighted by molar-refractivity contribution is 0.0862. The predicted molar refractivity (Wildman–Crippen MR) is 84.8 cm³/mol. The molecule has 23 heavy (non-hydrogen) atoms. The van der Waals surface area contributed by atoms with Crippen LogP contribution in [-0.2, 0) is 24.9 Å². The summed E-state index contributed by atoms with van der Waals surface area (Å²) in [7, 11) is 2.08. The van der Waals surface area contributed by atoms with Gasteiger partial charge in [-0.05, 0) is 25.7 Å². The molecule has 1 aliphatic carbocycles. The zero-order valence-electron chi connectivity index (χ0n) is 13.9. The molecule has 0 bridgehead atoms. The van der Waals surface area contributed by atoms with Gasteiger partial charge in [-0.2, -0.15) is 0 Å². The Bertz CT molecular complexity index is 674. The van der Waals surface area contributed by atoms with E-state index in [1.54, 1.807) is 0 Å². The van der Waals surface area contributed by atoms with Gasteiger partial charge in [0.05, 0.1) is 24.3 Å². The van der Waals surface area contributed by atoms with Crippen LogP contribution in [0.4, 0.5) is 0 Å². The standard InChI is InChI=1S/C17H24N4O2/c1-12-5-15(19-23-12)7-21-6-14(10-22-9-13-3-4-13)17-16(8-21)18-11-20(17)2/h5,11,13-14H,3-4,6-10H2,1-2H3. The molecule has 0 N–H and O–H groups in total. The molecule has 2 aliphatic rings. The van der Waals surface area contributed by atoms with Gasteiger partial charge in [0.15, 0.2) is 0 Å². The minimum absolute atomic E-state index is 0.373. The Kier molecular flexibility index (Phi) is 3.95. The second-order valence-electron chi connectivity index (χ2n) is 6.96. The molecule has 6 heteroatoms. The molecule has 2 aromatic heterocycles. The Balaban J connectivity index is 1.45. The van der Waals surface area contributed by atoms with E-state index in [4.69, 9.17) is 9.26 Å². The predicted octanol–water partition coefficient (Wildman–Crippen LogP) is 2.24. The quantitative estimate of drug-likeness (QED) is 0.818. The molecular formula is C17H24N4O2. The summed E-state index contributed by atoms with van der Waals surface area (Å²) in [5.74, 6) is 2.04. The number of hydrogen-bond donors (Lipinski definition) is 0. The minimum Gasteiger partial charge on any atom is -0.380 e. The molecule has 0 amide bonds. The van der Waals surface area contributed by atoms with Crippen molar-refractivity contribution in [2.45, 2.75) is 38.8 Å². The lowest BCUT2D eigenvalue weighted by Crippen LogP contribution is -2.36.